The fourth-order valence-electron chi connectivity index (χ4n) is 2.15. The van der Waals surface area contributed by atoms with Crippen LogP contribution >= 0.6 is 11.8 Å². The van der Waals surface area contributed by atoms with E-state index in [9.17, 15) is 10.2 Å². The molecule has 0 fully saturated rings. The lowest BCUT2D eigenvalue weighted by Crippen LogP contribution is -1.91. The first kappa shape index (κ1) is 10.5. The van der Waals surface area contributed by atoms with Crippen molar-refractivity contribution in [1.29, 1.82) is 0 Å². The largest absolute Gasteiger partial charge is 0.508 e. The number of hydrogen-bond acceptors (Lipinski definition) is 3. The topological polar surface area (TPSA) is 40.5 Å². The first-order valence-corrected chi connectivity index (χ1v) is 6.36. The van der Waals surface area contributed by atoms with Crippen molar-refractivity contribution in [3.8, 4) is 11.5 Å². The van der Waals surface area contributed by atoms with Crippen LogP contribution in [0.5, 0.6) is 11.5 Å². The smallest absolute Gasteiger partial charge is 0.123 e. The lowest BCUT2D eigenvalue weighted by Gasteiger charge is -2.08. The van der Waals surface area contributed by atoms with E-state index in [1.165, 1.54) is 16.5 Å². The van der Waals surface area contributed by atoms with Crippen LogP contribution in [0, 0.1) is 0 Å². The molecule has 1 heterocycles. The molecule has 17 heavy (non-hydrogen) atoms. The van der Waals surface area contributed by atoms with Crippen LogP contribution in [-0.4, -0.2) is 10.2 Å². The summed E-state index contributed by atoms with van der Waals surface area (Å²) in [6.45, 7) is 0. The maximum atomic E-state index is 9.87. The van der Waals surface area contributed by atoms with Crippen LogP contribution in [0.15, 0.2) is 46.2 Å². The average Bonchev–Trinajstić information content (AvgIpc) is 2.47. The minimum Gasteiger partial charge on any atom is -0.508 e. The van der Waals surface area contributed by atoms with Gasteiger partial charge in [-0.25, -0.2) is 0 Å². The summed E-state index contributed by atoms with van der Waals surface area (Å²) in [5.74, 6) is 0.313. The number of fused-ring (bicyclic) bond motifs is 2. The molecule has 2 aromatic carbocycles. The van der Waals surface area contributed by atoms with Gasteiger partial charge in [-0.15, -0.1) is 0 Å². The summed E-state index contributed by atoms with van der Waals surface area (Å²) in [6, 6.07) is 11.4. The molecule has 0 atom stereocenters. The van der Waals surface area contributed by atoms with Crippen molar-refractivity contribution < 1.29 is 10.2 Å². The van der Waals surface area contributed by atoms with Gasteiger partial charge >= 0.3 is 0 Å². The van der Waals surface area contributed by atoms with E-state index < -0.39 is 0 Å². The Morgan fingerprint density at radius 3 is 2.65 bits per heavy atom. The average molecular weight is 244 g/mol. The molecule has 0 bridgehead atoms. The number of rotatable bonds is 0. The third-order valence-electron chi connectivity index (χ3n) is 3.01. The van der Waals surface area contributed by atoms with Gasteiger partial charge in [-0.05, 0) is 30.5 Å². The Balaban J connectivity index is 2.14. The molecule has 0 saturated heterocycles. The van der Waals surface area contributed by atoms with Gasteiger partial charge in [-0.1, -0.05) is 30.0 Å². The quantitative estimate of drug-likeness (QED) is 0.746. The van der Waals surface area contributed by atoms with Crippen molar-refractivity contribution in [2.75, 3.05) is 0 Å². The van der Waals surface area contributed by atoms with Gasteiger partial charge in [0, 0.05) is 21.4 Å². The zero-order valence-electron chi connectivity index (χ0n) is 9.18. The monoisotopic (exact) mass is 244 g/mol. The number of phenols is 2. The maximum absolute atomic E-state index is 9.87. The molecule has 0 aliphatic carbocycles. The zero-order chi connectivity index (χ0) is 11.8. The molecular formula is C14H12O2S. The first-order chi connectivity index (χ1) is 8.24. The van der Waals surface area contributed by atoms with Crippen LogP contribution in [0.4, 0.5) is 0 Å². The highest BCUT2D eigenvalue weighted by atomic mass is 32.2. The minimum absolute atomic E-state index is 0.119. The summed E-state index contributed by atoms with van der Waals surface area (Å²) in [6.07, 6.45) is 1.74. The molecule has 0 amide bonds. The summed E-state index contributed by atoms with van der Waals surface area (Å²) >= 11 is 1.61. The van der Waals surface area contributed by atoms with E-state index in [2.05, 4.69) is 12.1 Å². The number of phenolic OH excluding ortho intramolecular Hbond substituents is 2. The van der Waals surface area contributed by atoms with Crippen molar-refractivity contribution in [2.24, 2.45) is 0 Å². The summed E-state index contributed by atoms with van der Waals surface area (Å²) < 4.78 is 0. The Morgan fingerprint density at radius 1 is 0.941 bits per heavy atom. The molecule has 1 aliphatic rings. The fraction of sp³-hybridized carbons (Fsp3) is 0.143. The van der Waals surface area contributed by atoms with Crippen molar-refractivity contribution in [2.45, 2.75) is 22.6 Å². The lowest BCUT2D eigenvalue weighted by molar-refractivity contribution is 0.442. The van der Waals surface area contributed by atoms with Crippen LogP contribution in [0.3, 0.4) is 0 Å². The van der Waals surface area contributed by atoms with Gasteiger partial charge in [0.1, 0.15) is 11.5 Å². The molecule has 2 N–H and O–H groups in total. The van der Waals surface area contributed by atoms with Gasteiger partial charge in [0.25, 0.3) is 0 Å². The summed E-state index contributed by atoms with van der Waals surface area (Å²) in [7, 11) is 0. The van der Waals surface area contributed by atoms with E-state index in [0.717, 1.165) is 23.3 Å². The molecule has 86 valence electrons. The highest BCUT2D eigenvalue weighted by Crippen LogP contribution is 2.42. The van der Waals surface area contributed by atoms with E-state index in [1.807, 2.05) is 12.1 Å². The molecule has 3 rings (SSSR count). The highest BCUT2D eigenvalue weighted by molar-refractivity contribution is 7.99. The van der Waals surface area contributed by atoms with Crippen LogP contribution in [-0.2, 0) is 12.8 Å². The van der Waals surface area contributed by atoms with Crippen LogP contribution in [0.25, 0.3) is 0 Å². The Bertz CT molecular complexity index is 578. The fourth-order valence-corrected chi connectivity index (χ4v) is 3.34. The Labute approximate surface area is 104 Å². The highest BCUT2D eigenvalue weighted by Gasteiger charge is 2.17. The maximum Gasteiger partial charge on any atom is 0.123 e. The van der Waals surface area contributed by atoms with Gasteiger partial charge in [0.15, 0.2) is 0 Å². The van der Waals surface area contributed by atoms with E-state index in [4.69, 9.17) is 0 Å². The molecular weight excluding hydrogens is 232 g/mol. The number of aryl methyl sites for hydroxylation is 1. The van der Waals surface area contributed by atoms with E-state index >= 15 is 0 Å². The second-order valence-corrected chi connectivity index (χ2v) is 5.24. The zero-order valence-corrected chi connectivity index (χ0v) is 10.00. The summed E-state index contributed by atoms with van der Waals surface area (Å²) in [4.78, 5) is 2.16. The van der Waals surface area contributed by atoms with Crippen molar-refractivity contribution in [1.82, 2.24) is 0 Å². The predicted molar refractivity (Wildman–Crippen MR) is 67.7 cm³/mol. The first-order valence-electron chi connectivity index (χ1n) is 5.54. The standard InChI is InChI=1S/C14H12O2S/c15-10-7-12(16)11-6-5-9-3-1-2-4-13(9)17-14(11)8-10/h1-4,7-8,15-16H,5-6H2. The molecule has 2 aromatic rings. The second kappa shape index (κ2) is 4.00. The number of hydrogen-bond donors (Lipinski definition) is 2. The van der Waals surface area contributed by atoms with Crippen molar-refractivity contribution in [3.05, 3.63) is 47.5 Å². The van der Waals surface area contributed by atoms with Crippen LogP contribution < -0.4 is 0 Å². The minimum atomic E-state index is 0.119. The van der Waals surface area contributed by atoms with Crippen molar-refractivity contribution in [3.63, 3.8) is 0 Å². The number of aromatic hydroxyl groups is 2. The molecule has 0 unspecified atom stereocenters. The normalized spacial score (nSPS) is 13.6. The third-order valence-corrected chi connectivity index (χ3v) is 4.21. The lowest BCUT2D eigenvalue weighted by atomic mass is 10.0. The molecule has 0 radical (unpaired) electrons. The molecule has 3 heteroatoms. The van der Waals surface area contributed by atoms with E-state index in [0.29, 0.717) is 0 Å². The van der Waals surface area contributed by atoms with Gasteiger partial charge in [0.05, 0.1) is 0 Å². The van der Waals surface area contributed by atoms with Crippen LogP contribution in [0.2, 0.25) is 0 Å². The number of benzene rings is 2. The molecule has 0 saturated carbocycles. The van der Waals surface area contributed by atoms with Crippen LogP contribution in [0.1, 0.15) is 11.1 Å². The van der Waals surface area contributed by atoms with E-state index in [1.54, 1.807) is 17.8 Å². The van der Waals surface area contributed by atoms with Gasteiger partial charge in [-0.3, -0.25) is 0 Å². The second-order valence-electron chi connectivity index (χ2n) is 4.15. The van der Waals surface area contributed by atoms with E-state index in [-0.39, 0.29) is 11.5 Å². The third kappa shape index (κ3) is 1.87. The van der Waals surface area contributed by atoms with Gasteiger partial charge < -0.3 is 10.2 Å². The summed E-state index contributed by atoms with van der Waals surface area (Å²) in [5.41, 5.74) is 2.23. The Kier molecular flexibility index (Phi) is 2.48. The molecule has 1 aliphatic heterocycles. The molecule has 0 aromatic heterocycles. The van der Waals surface area contributed by atoms with Crippen molar-refractivity contribution >= 4 is 11.8 Å². The molecule has 2 nitrogen and oxygen atoms in total. The Morgan fingerprint density at radius 2 is 1.76 bits per heavy atom. The van der Waals surface area contributed by atoms with Gasteiger partial charge in [0.2, 0.25) is 0 Å². The van der Waals surface area contributed by atoms with Gasteiger partial charge in [-0.2, -0.15) is 0 Å². The predicted octanol–water partition coefficient (Wildman–Crippen LogP) is 3.35. The SMILES string of the molecule is Oc1cc(O)c2c(c1)Sc1ccccc1CC2. The Hall–Kier alpha value is -1.61. The summed E-state index contributed by atoms with van der Waals surface area (Å²) in [5, 5.41) is 19.4. The molecule has 0 spiro atoms.